The number of carbonyl (C=O) groups is 1. The van der Waals surface area contributed by atoms with E-state index in [1.807, 2.05) is 0 Å². The minimum atomic E-state index is -0.0709. The second-order valence-electron chi connectivity index (χ2n) is 7.19. The van der Waals surface area contributed by atoms with Crippen LogP contribution in [0, 0.1) is 11.3 Å². The molecule has 1 fully saturated rings. The standard InChI is InChI=1S/C15H31N3O/c1-11(18(5)13-6-7-13)10-17-14(19)12(9-16)8-15(2,3)4/h11-13H,6-10,16H2,1-5H3,(H,17,19). The Balaban J connectivity index is 2.35. The van der Waals surface area contributed by atoms with Crippen molar-refractivity contribution in [1.82, 2.24) is 10.2 Å². The lowest BCUT2D eigenvalue weighted by Gasteiger charge is -2.27. The van der Waals surface area contributed by atoms with Crippen molar-refractivity contribution in [3.05, 3.63) is 0 Å². The Bertz CT molecular complexity index is 294. The van der Waals surface area contributed by atoms with Gasteiger partial charge in [0, 0.05) is 25.2 Å². The monoisotopic (exact) mass is 269 g/mol. The maximum Gasteiger partial charge on any atom is 0.224 e. The van der Waals surface area contributed by atoms with Crippen molar-refractivity contribution in [3.8, 4) is 0 Å². The SMILES string of the molecule is CC(CNC(=O)C(CN)CC(C)(C)C)N(C)C1CC1. The van der Waals surface area contributed by atoms with Gasteiger partial charge in [0.15, 0.2) is 0 Å². The number of carbonyl (C=O) groups excluding carboxylic acids is 1. The van der Waals surface area contributed by atoms with Gasteiger partial charge in [-0.3, -0.25) is 9.69 Å². The van der Waals surface area contributed by atoms with Crippen molar-refractivity contribution in [3.63, 3.8) is 0 Å². The first-order valence-electron chi connectivity index (χ1n) is 7.44. The minimum Gasteiger partial charge on any atom is -0.354 e. The first-order chi connectivity index (χ1) is 8.74. The molecule has 1 rings (SSSR count). The van der Waals surface area contributed by atoms with E-state index in [2.05, 4.69) is 45.0 Å². The molecule has 0 aromatic heterocycles. The fourth-order valence-corrected chi connectivity index (χ4v) is 2.40. The van der Waals surface area contributed by atoms with Crippen molar-refractivity contribution in [1.29, 1.82) is 0 Å². The van der Waals surface area contributed by atoms with Crippen LogP contribution < -0.4 is 11.1 Å². The van der Waals surface area contributed by atoms with Crippen LogP contribution in [0.1, 0.15) is 47.0 Å². The van der Waals surface area contributed by atoms with E-state index < -0.39 is 0 Å². The lowest BCUT2D eigenvalue weighted by atomic mass is 9.84. The summed E-state index contributed by atoms with van der Waals surface area (Å²) >= 11 is 0. The largest absolute Gasteiger partial charge is 0.354 e. The molecule has 0 bridgehead atoms. The van der Waals surface area contributed by atoms with Gasteiger partial charge in [-0.1, -0.05) is 20.8 Å². The number of rotatable bonds is 7. The van der Waals surface area contributed by atoms with Crippen LogP contribution in [0.25, 0.3) is 0 Å². The molecular weight excluding hydrogens is 238 g/mol. The number of likely N-dealkylation sites (N-methyl/N-ethyl adjacent to an activating group) is 1. The van der Waals surface area contributed by atoms with Crippen LogP contribution in [-0.2, 0) is 4.79 Å². The van der Waals surface area contributed by atoms with Gasteiger partial charge in [0.2, 0.25) is 5.91 Å². The number of nitrogens with one attached hydrogen (secondary N) is 1. The Morgan fingerprint density at radius 2 is 2.00 bits per heavy atom. The Kier molecular flexibility index (Phi) is 5.81. The molecule has 0 heterocycles. The molecule has 0 aromatic carbocycles. The first kappa shape index (κ1) is 16.4. The lowest BCUT2D eigenvalue weighted by molar-refractivity contribution is -0.125. The number of hydrogen-bond donors (Lipinski definition) is 2. The van der Waals surface area contributed by atoms with Crippen LogP contribution in [0.2, 0.25) is 0 Å². The van der Waals surface area contributed by atoms with Crippen molar-refractivity contribution in [2.45, 2.75) is 59.0 Å². The van der Waals surface area contributed by atoms with Crippen molar-refractivity contribution >= 4 is 5.91 Å². The summed E-state index contributed by atoms with van der Waals surface area (Å²) in [5.74, 6) is 0.0342. The molecule has 0 aliphatic heterocycles. The molecule has 112 valence electrons. The van der Waals surface area contributed by atoms with Gasteiger partial charge in [-0.05, 0) is 38.6 Å². The summed E-state index contributed by atoms with van der Waals surface area (Å²) in [6, 6.07) is 1.12. The molecule has 0 spiro atoms. The van der Waals surface area contributed by atoms with Gasteiger partial charge in [0.25, 0.3) is 0 Å². The van der Waals surface area contributed by atoms with Gasteiger partial charge in [0.1, 0.15) is 0 Å². The van der Waals surface area contributed by atoms with E-state index in [1.165, 1.54) is 12.8 Å². The molecule has 4 nitrogen and oxygen atoms in total. The van der Waals surface area contributed by atoms with E-state index in [0.717, 1.165) is 12.5 Å². The lowest BCUT2D eigenvalue weighted by Crippen LogP contribution is -2.44. The van der Waals surface area contributed by atoms with Crippen molar-refractivity contribution in [2.24, 2.45) is 17.1 Å². The van der Waals surface area contributed by atoms with Crippen molar-refractivity contribution in [2.75, 3.05) is 20.1 Å². The molecule has 1 aliphatic carbocycles. The summed E-state index contributed by atoms with van der Waals surface area (Å²) in [7, 11) is 2.14. The molecule has 0 saturated heterocycles. The molecule has 2 atom stereocenters. The molecule has 0 aromatic rings. The Morgan fingerprint density at radius 3 is 2.42 bits per heavy atom. The topological polar surface area (TPSA) is 58.4 Å². The Labute approximate surface area is 118 Å². The summed E-state index contributed by atoms with van der Waals surface area (Å²) in [4.78, 5) is 14.5. The third kappa shape index (κ3) is 5.91. The molecule has 4 heteroatoms. The molecule has 3 N–H and O–H groups in total. The van der Waals surface area contributed by atoms with Crippen LogP contribution in [0.15, 0.2) is 0 Å². The Morgan fingerprint density at radius 1 is 1.42 bits per heavy atom. The molecule has 1 amide bonds. The average molecular weight is 269 g/mol. The van der Waals surface area contributed by atoms with Crippen LogP contribution in [-0.4, -0.2) is 43.0 Å². The van der Waals surface area contributed by atoms with Gasteiger partial charge in [-0.2, -0.15) is 0 Å². The zero-order valence-electron chi connectivity index (χ0n) is 13.2. The summed E-state index contributed by atoms with van der Waals surface area (Å²) in [6.07, 6.45) is 3.43. The normalized spacial score (nSPS) is 19.3. The quantitative estimate of drug-likeness (QED) is 0.738. The summed E-state index contributed by atoms with van der Waals surface area (Å²) in [5, 5.41) is 3.06. The van der Waals surface area contributed by atoms with E-state index in [4.69, 9.17) is 5.73 Å². The third-order valence-corrected chi connectivity index (χ3v) is 3.90. The van der Waals surface area contributed by atoms with Crippen molar-refractivity contribution < 1.29 is 4.79 Å². The molecule has 1 aliphatic rings. The van der Waals surface area contributed by atoms with E-state index in [-0.39, 0.29) is 17.2 Å². The highest BCUT2D eigenvalue weighted by Crippen LogP contribution is 2.27. The highest BCUT2D eigenvalue weighted by molar-refractivity contribution is 5.78. The molecule has 2 unspecified atom stereocenters. The smallest absolute Gasteiger partial charge is 0.224 e. The first-order valence-corrected chi connectivity index (χ1v) is 7.44. The molecule has 1 saturated carbocycles. The van der Waals surface area contributed by atoms with Gasteiger partial charge in [-0.15, -0.1) is 0 Å². The zero-order chi connectivity index (χ0) is 14.6. The highest BCUT2D eigenvalue weighted by atomic mass is 16.1. The number of amides is 1. The van der Waals surface area contributed by atoms with Gasteiger partial charge in [-0.25, -0.2) is 0 Å². The summed E-state index contributed by atoms with van der Waals surface area (Å²) < 4.78 is 0. The second-order valence-corrected chi connectivity index (χ2v) is 7.19. The third-order valence-electron chi connectivity index (χ3n) is 3.90. The fraction of sp³-hybridized carbons (Fsp3) is 0.933. The fourth-order valence-electron chi connectivity index (χ4n) is 2.40. The zero-order valence-corrected chi connectivity index (χ0v) is 13.2. The highest BCUT2D eigenvalue weighted by Gasteiger charge is 2.30. The maximum absolute atomic E-state index is 12.2. The molecular formula is C15H31N3O. The predicted molar refractivity (Wildman–Crippen MR) is 79.9 cm³/mol. The molecule has 19 heavy (non-hydrogen) atoms. The maximum atomic E-state index is 12.2. The van der Waals surface area contributed by atoms with E-state index in [1.54, 1.807) is 0 Å². The second kappa shape index (κ2) is 6.71. The summed E-state index contributed by atoms with van der Waals surface area (Å²) in [6.45, 7) is 9.74. The van der Waals surface area contributed by atoms with E-state index in [9.17, 15) is 4.79 Å². The minimum absolute atomic E-state index is 0.0709. The summed E-state index contributed by atoms with van der Waals surface area (Å²) in [5.41, 5.74) is 5.87. The van der Waals surface area contributed by atoms with Gasteiger partial charge < -0.3 is 11.1 Å². The molecule has 0 radical (unpaired) electrons. The number of nitrogens with zero attached hydrogens (tertiary/aromatic N) is 1. The van der Waals surface area contributed by atoms with Gasteiger partial charge in [0.05, 0.1) is 5.92 Å². The van der Waals surface area contributed by atoms with E-state index in [0.29, 0.717) is 19.1 Å². The van der Waals surface area contributed by atoms with Crippen LogP contribution in [0.5, 0.6) is 0 Å². The number of hydrogen-bond acceptors (Lipinski definition) is 3. The van der Waals surface area contributed by atoms with Crippen LogP contribution in [0.4, 0.5) is 0 Å². The van der Waals surface area contributed by atoms with Gasteiger partial charge >= 0.3 is 0 Å². The van der Waals surface area contributed by atoms with Crippen LogP contribution in [0.3, 0.4) is 0 Å². The van der Waals surface area contributed by atoms with E-state index >= 15 is 0 Å². The van der Waals surface area contributed by atoms with Crippen LogP contribution >= 0.6 is 0 Å². The number of nitrogens with two attached hydrogens (primary N) is 1. The Hall–Kier alpha value is -0.610. The predicted octanol–water partition coefficient (Wildman–Crippen LogP) is 1.60. The average Bonchev–Trinajstić information content (AvgIpc) is 3.14.